The largest absolute Gasteiger partial charge is 0.346 e. The van der Waals surface area contributed by atoms with Crippen LogP contribution in [0, 0.1) is 0 Å². The number of fused-ring (bicyclic) bond motifs is 1. The molecule has 0 spiro atoms. The summed E-state index contributed by atoms with van der Waals surface area (Å²) in [5, 5.41) is 4.94. The highest BCUT2D eigenvalue weighted by atomic mass is 15.2. The number of benzene rings is 1. The van der Waals surface area contributed by atoms with Crippen LogP contribution in [-0.4, -0.2) is 35.6 Å². The van der Waals surface area contributed by atoms with Gasteiger partial charge in [0.2, 0.25) is 0 Å². The van der Waals surface area contributed by atoms with E-state index in [-0.39, 0.29) is 0 Å². The van der Waals surface area contributed by atoms with Gasteiger partial charge in [-0.05, 0) is 50.5 Å². The van der Waals surface area contributed by atoms with Crippen LogP contribution < -0.4 is 5.32 Å². The van der Waals surface area contributed by atoms with E-state index in [4.69, 9.17) is 0 Å². The molecule has 0 aliphatic carbocycles. The van der Waals surface area contributed by atoms with Crippen LogP contribution in [0.2, 0.25) is 0 Å². The molecule has 3 rings (SSSR count). The predicted octanol–water partition coefficient (Wildman–Crippen LogP) is 3.24. The third kappa shape index (κ3) is 3.47. The van der Waals surface area contributed by atoms with Crippen molar-refractivity contribution in [1.29, 1.82) is 0 Å². The summed E-state index contributed by atoms with van der Waals surface area (Å²) in [5.41, 5.74) is 2.81. The Kier molecular flexibility index (Phi) is 4.94. The molecular formula is C18H27N3. The Balaban J connectivity index is 1.74. The molecule has 2 aromatic rings. The minimum Gasteiger partial charge on any atom is -0.346 e. The lowest BCUT2D eigenvalue weighted by Crippen LogP contribution is -2.23. The van der Waals surface area contributed by atoms with Crippen molar-refractivity contribution in [3.63, 3.8) is 0 Å². The smallest absolute Gasteiger partial charge is 0.0484 e. The third-order valence-corrected chi connectivity index (χ3v) is 4.47. The first-order valence-electron chi connectivity index (χ1n) is 8.38. The Morgan fingerprint density at radius 2 is 1.90 bits per heavy atom. The van der Waals surface area contributed by atoms with Gasteiger partial charge in [-0.15, -0.1) is 0 Å². The molecule has 1 aromatic carbocycles. The molecule has 1 fully saturated rings. The summed E-state index contributed by atoms with van der Waals surface area (Å²) in [4.78, 5) is 2.59. The Morgan fingerprint density at radius 1 is 1.10 bits per heavy atom. The Hall–Kier alpha value is -1.32. The van der Waals surface area contributed by atoms with Crippen LogP contribution >= 0.6 is 0 Å². The number of nitrogens with one attached hydrogen (secondary N) is 1. The summed E-state index contributed by atoms with van der Waals surface area (Å²) in [6, 6.07) is 8.81. The SMILES string of the molecule is CCCNCc1cn(CCN2CCCC2)c2ccccc12. The molecule has 0 bridgehead atoms. The zero-order chi connectivity index (χ0) is 14.5. The quantitative estimate of drug-likeness (QED) is 0.788. The van der Waals surface area contributed by atoms with Crippen LogP contribution in [-0.2, 0) is 13.1 Å². The van der Waals surface area contributed by atoms with Gasteiger partial charge >= 0.3 is 0 Å². The molecule has 0 radical (unpaired) electrons. The minimum atomic E-state index is 0.977. The summed E-state index contributed by atoms with van der Waals surface area (Å²) < 4.78 is 2.44. The first-order valence-corrected chi connectivity index (χ1v) is 8.38. The van der Waals surface area contributed by atoms with Crippen molar-refractivity contribution < 1.29 is 0 Å². The van der Waals surface area contributed by atoms with Gasteiger partial charge in [0.25, 0.3) is 0 Å². The van der Waals surface area contributed by atoms with E-state index in [0.29, 0.717) is 0 Å². The molecule has 0 unspecified atom stereocenters. The molecule has 1 saturated heterocycles. The molecule has 0 atom stereocenters. The number of hydrogen-bond acceptors (Lipinski definition) is 2. The zero-order valence-electron chi connectivity index (χ0n) is 13.1. The number of nitrogens with zero attached hydrogens (tertiary/aromatic N) is 2. The predicted molar refractivity (Wildman–Crippen MR) is 89.6 cm³/mol. The summed E-state index contributed by atoms with van der Waals surface area (Å²) in [5.74, 6) is 0. The van der Waals surface area contributed by atoms with Gasteiger partial charge in [-0.3, -0.25) is 0 Å². The number of hydrogen-bond donors (Lipinski definition) is 1. The lowest BCUT2D eigenvalue weighted by Gasteiger charge is -2.15. The van der Waals surface area contributed by atoms with Crippen LogP contribution in [0.4, 0.5) is 0 Å². The minimum absolute atomic E-state index is 0.977. The van der Waals surface area contributed by atoms with Gasteiger partial charge in [0.1, 0.15) is 0 Å². The van der Waals surface area contributed by atoms with Crippen molar-refractivity contribution >= 4 is 10.9 Å². The molecule has 3 heteroatoms. The van der Waals surface area contributed by atoms with Crippen LogP contribution in [0.1, 0.15) is 31.7 Å². The fraction of sp³-hybridized carbons (Fsp3) is 0.556. The summed E-state index contributed by atoms with van der Waals surface area (Å²) in [6.45, 7) is 9.13. The first kappa shape index (κ1) is 14.6. The van der Waals surface area contributed by atoms with Gasteiger partial charge in [-0.2, -0.15) is 0 Å². The number of para-hydroxylation sites is 1. The van der Waals surface area contributed by atoms with E-state index in [0.717, 1.165) is 19.6 Å². The van der Waals surface area contributed by atoms with Crippen LogP contribution in [0.3, 0.4) is 0 Å². The highest BCUT2D eigenvalue weighted by molar-refractivity contribution is 5.83. The molecule has 0 amide bonds. The lowest BCUT2D eigenvalue weighted by atomic mass is 10.2. The number of rotatable bonds is 7. The maximum Gasteiger partial charge on any atom is 0.0484 e. The summed E-state index contributed by atoms with van der Waals surface area (Å²) >= 11 is 0. The van der Waals surface area contributed by atoms with Gasteiger partial charge in [-0.1, -0.05) is 25.1 Å². The summed E-state index contributed by atoms with van der Waals surface area (Å²) in [7, 11) is 0. The van der Waals surface area contributed by atoms with Gasteiger partial charge in [0.15, 0.2) is 0 Å². The normalized spacial score (nSPS) is 16.0. The summed E-state index contributed by atoms with van der Waals surface area (Å²) in [6.07, 6.45) is 6.29. The maximum atomic E-state index is 3.53. The number of likely N-dealkylation sites (tertiary alicyclic amines) is 1. The lowest BCUT2D eigenvalue weighted by molar-refractivity contribution is 0.324. The van der Waals surface area contributed by atoms with E-state index in [1.54, 1.807) is 0 Å². The molecule has 3 nitrogen and oxygen atoms in total. The van der Waals surface area contributed by atoms with E-state index >= 15 is 0 Å². The highest BCUT2D eigenvalue weighted by Gasteiger charge is 2.12. The van der Waals surface area contributed by atoms with Crippen molar-refractivity contribution in [3.05, 3.63) is 36.0 Å². The van der Waals surface area contributed by atoms with Crippen LogP contribution in [0.25, 0.3) is 10.9 Å². The van der Waals surface area contributed by atoms with Crippen molar-refractivity contribution in [2.45, 2.75) is 39.3 Å². The topological polar surface area (TPSA) is 20.2 Å². The van der Waals surface area contributed by atoms with Gasteiger partial charge in [-0.25, -0.2) is 0 Å². The average molecular weight is 285 g/mol. The Morgan fingerprint density at radius 3 is 2.71 bits per heavy atom. The fourth-order valence-electron chi connectivity index (χ4n) is 3.30. The molecule has 21 heavy (non-hydrogen) atoms. The van der Waals surface area contributed by atoms with E-state index in [2.05, 4.69) is 52.2 Å². The monoisotopic (exact) mass is 285 g/mol. The molecule has 1 aliphatic heterocycles. The Labute approximate surface area is 127 Å². The highest BCUT2D eigenvalue weighted by Crippen LogP contribution is 2.21. The van der Waals surface area contributed by atoms with Crippen molar-refractivity contribution in [2.24, 2.45) is 0 Å². The van der Waals surface area contributed by atoms with E-state index in [1.807, 2.05) is 0 Å². The van der Waals surface area contributed by atoms with Gasteiger partial charge < -0.3 is 14.8 Å². The second kappa shape index (κ2) is 7.10. The second-order valence-electron chi connectivity index (χ2n) is 6.09. The molecular weight excluding hydrogens is 258 g/mol. The van der Waals surface area contributed by atoms with E-state index in [9.17, 15) is 0 Å². The first-order chi connectivity index (χ1) is 10.4. The molecule has 1 aromatic heterocycles. The van der Waals surface area contributed by atoms with Crippen molar-refractivity contribution in [2.75, 3.05) is 26.2 Å². The van der Waals surface area contributed by atoms with Crippen molar-refractivity contribution in [1.82, 2.24) is 14.8 Å². The molecule has 0 saturated carbocycles. The van der Waals surface area contributed by atoms with Crippen LogP contribution in [0.5, 0.6) is 0 Å². The van der Waals surface area contributed by atoms with Crippen LogP contribution in [0.15, 0.2) is 30.5 Å². The Bertz CT molecular complexity index is 567. The fourth-order valence-corrected chi connectivity index (χ4v) is 3.30. The molecule has 114 valence electrons. The zero-order valence-corrected chi connectivity index (χ0v) is 13.1. The molecule has 1 N–H and O–H groups in total. The standard InChI is InChI=1S/C18H27N3/c1-2-9-19-14-16-15-21(13-12-20-10-5-6-11-20)18-8-4-3-7-17(16)18/h3-4,7-8,15,19H,2,5-6,9-14H2,1H3. The van der Waals surface area contributed by atoms with E-state index < -0.39 is 0 Å². The van der Waals surface area contributed by atoms with Gasteiger partial charge in [0, 0.05) is 36.7 Å². The second-order valence-corrected chi connectivity index (χ2v) is 6.09. The van der Waals surface area contributed by atoms with E-state index in [1.165, 1.54) is 55.4 Å². The average Bonchev–Trinajstić information content (AvgIpc) is 3.14. The molecule has 1 aliphatic rings. The van der Waals surface area contributed by atoms with Gasteiger partial charge in [0.05, 0.1) is 0 Å². The molecule has 2 heterocycles. The third-order valence-electron chi connectivity index (χ3n) is 4.47. The van der Waals surface area contributed by atoms with Crippen molar-refractivity contribution in [3.8, 4) is 0 Å². The maximum absolute atomic E-state index is 3.53. The number of aromatic nitrogens is 1.